The maximum atomic E-state index is 13.4. The van der Waals surface area contributed by atoms with Crippen LogP contribution in [-0.2, 0) is 4.74 Å². The molecule has 1 aliphatic rings. The highest BCUT2D eigenvalue weighted by Gasteiger charge is 2.24. The van der Waals surface area contributed by atoms with E-state index in [2.05, 4.69) is 12.2 Å². The van der Waals surface area contributed by atoms with Crippen LogP contribution >= 0.6 is 11.6 Å². The van der Waals surface area contributed by atoms with Crippen LogP contribution in [0.4, 0.5) is 4.39 Å². The zero-order chi connectivity index (χ0) is 13.1. The number of nitrogens with one attached hydrogen (secondary N) is 1. The fourth-order valence-corrected chi connectivity index (χ4v) is 2.39. The minimum Gasteiger partial charge on any atom is -0.378 e. The average molecular weight is 272 g/mol. The molecule has 0 amide bonds. The maximum Gasteiger partial charge on any atom is 0.142 e. The predicted molar refractivity (Wildman–Crippen MR) is 71.3 cm³/mol. The normalized spacial score (nSPS) is 25.3. The van der Waals surface area contributed by atoms with Gasteiger partial charge in [-0.25, -0.2) is 4.39 Å². The molecule has 1 saturated heterocycles. The molecule has 1 N–H and O–H groups in total. The van der Waals surface area contributed by atoms with Crippen LogP contribution < -0.4 is 5.32 Å². The molecule has 18 heavy (non-hydrogen) atoms. The highest BCUT2D eigenvalue weighted by atomic mass is 35.5. The average Bonchev–Trinajstić information content (AvgIpc) is 2.75. The summed E-state index contributed by atoms with van der Waals surface area (Å²) < 4.78 is 18.9. The van der Waals surface area contributed by atoms with E-state index in [1.807, 2.05) is 13.0 Å². The summed E-state index contributed by atoms with van der Waals surface area (Å²) in [7, 11) is 0. The lowest BCUT2D eigenvalue weighted by molar-refractivity contribution is 0.105. The van der Waals surface area contributed by atoms with Gasteiger partial charge in [0.2, 0.25) is 0 Å². The maximum absolute atomic E-state index is 13.4. The van der Waals surface area contributed by atoms with Crippen LogP contribution in [0.2, 0.25) is 5.02 Å². The topological polar surface area (TPSA) is 21.3 Å². The van der Waals surface area contributed by atoms with Gasteiger partial charge < -0.3 is 10.1 Å². The monoisotopic (exact) mass is 271 g/mol. The van der Waals surface area contributed by atoms with Crippen molar-refractivity contribution in [2.45, 2.75) is 32.4 Å². The molecule has 0 saturated carbocycles. The van der Waals surface area contributed by atoms with Gasteiger partial charge in [0.1, 0.15) is 5.82 Å². The van der Waals surface area contributed by atoms with Gasteiger partial charge in [0.25, 0.3) is 0 Å². The Kier molecular flexibility index (Phi) is 4.60. The second kappa shape index (κ2) is 6.00. The smallest absolute Gasteiger partial charge is 0.142 e. The van der Waals surface area contributed by atoms with E-state index in [9.17, 15) is 4.39 Å². The molecule has 0 radical (unpaired) electrons. The van der Waals surface area contributed by atoms with E-state index in [-0.39, 0.29) is 16.9 Å². The minimum absolute atomic E-state index is 0.115. The zero-order valence-electron chi connectivity index (χ0n) is 10.7. The third kappa shape index (κ3) is 3.22. The second-order valence-corrected chi connectivity index (χ2v) is 5.34. The van der Waals surface area contributed by atoms with Crippen molar-refractivity contribution in [3.8, 4) is 0 Å². The SMILES string of the molecule is CC(NCC1CCOC1C)c1ccc(Cl)c(F)c1. The van der Waals surface area contributed by atoms with Gasteiger partial charge in [-0.2, -0.15) is 0 Å². The summed E-state index contributed by atoms with van der Waals surface area (Å²) in [6.45, 7) is 5.87. The minimum atomic E-state index is -0.361. The molecule has 1 fully saturated rings. The van der Waals surface area contributed by atoms with Crippen molar-refractivity contribution in [1.29, 1.82) is 0 Å². The first-order valence-electron chi connectivity index (χ1n) is 6.38. The Morgan fingerprint density at radius 2 is 2.33 bits per heavy atom. The standard InChI is InChI=1S/C14H19ClFNO/c1-9(11-3-4-13(15)14(16)7-11)17-8-12-5-6-18-10(12)2/h3-4,7,9-10,12,17H,5-6,8H2,1-2H3. The highest BCUT2D eigenvalue weighted by Crippen LogP contribution is 2.23. The summed E-state index contributed by atoms with van der Waals surface area (Å²) >= 11 is 5.67. The van der Waals surface area contributed by atoms with E-state index in [0.717, 1.165) is 25.1 Å². The Labute approximate surface area is 112 Å². The molecule has 1 aromatic rings. The van der Waals surface area contributed by atoms with Crippen molar-refractivity contribution in [3.05, 3.63) is 34.6 Å². The lowest BCUT2D eigenvalue weighted by atomic mass is 10.0. The summed E-state index contributed by atoms with van der Waals surface area (Å²) in [6.07, 6.45) is 1.40. The van der Waals surface area contributed by atoms with Crippen LogP contribution in [0.3, 0.4) is 0 Å². The Morgan fingerprint density at radius 1 is 1.56 bits per heavy atom. The van der Waals surface area contributed by atoms with E-state index in [4.69, 9.17) is 16.3 Å². The van der Waals surface area contributed by atoms with E-state index in [0.29, 0.717) is 12.0 Å². The van der Waals surface area contributed by atoms with E-state index in [1.54, 1.807) is 6.07 Å². The van der Waals surface area contributed by atoms with Crippen LogP contribution in [0.1, 0.15) is 31.9 Å². The van der Waals surface area contributed by atoms with Crippen LogP contribution in [0.15, 0.2) is 18.2 Å². The fourth-order valence-electron chi connectivity index (χ4n) is 2.27. The van der Waals surface area contributed by atoms with Crippen molar-refractivity contribution in [2.24, 2.45) is 5.92 Å². The second-order valence-electron chi connectivity index (χ2n) is 4.93. The number of hydrogen-bond acceptors (Lipinski definition) is 2. The van der Waals surface area contributed by atoms with Gasteiger partial charge in [-0.3, -0.25) is 0 Å². The molecule has 100 valence electrons. The molecule has 2 rings (SSSR count). The Hall–Kier alpha value is -0.640. The lowest BCUT2D eigenvalue weighted by Gasteiger charge is -2.19. The zero-order valence-corrected chi connectivity index (χ0v) is 11.5. The summed E-state index contributed by atoms with van der Waals surface area (Å²) in [4.78, 5) is 0. The van der Waals surface area contributed by atoms with Gasteiger partial charge in [0.05, 0.1) is 11.1 Å². The van der Waals surface area contributed by atoms with Gasteiger partial charge in [-0.1, -0.05) is 17.7 Å². The number of hydrogen-bond donors (Lipinski definition) is 1. The van der Waals surface area contributed by atoms with E-state index in [1.165, 1.54) is 6.07 Å². The third-order valence-corrected chi connectivity index (χ3v) is 3.97. The molecular weight excluding hydrogens is 253 g/mol. The quantitative estimate of drug-likeness (QED) is 0.904. The first-order chi connectivity index (χ1) is 8.58. The third-order valence-electron chi connectivity index (χ3n) is 3.66. The summed E-state index contributed by atoms with van der Waals surface area (Å²) in [5, 5.41) is 3.60. The first kappa shape index (κ1) is 13.8. The van der Waals surface area contributed by atoms with Crippen molar-refractivity contribution in [2.75, 3.05) is 13.2 Å². The van der Waals surface area contributed by atoms with E-state index >= 15 is 0 Å². The number of benzene rings is 1. The van der Waals surface area contributed by atoms with Crippen LogP contribution in [0, 0.1) is 11.7 Å². The van der Waals surface area contributed by atoms with Gasteiger partial charge in [-0.05, 0) is 43.9 Å². The molecular formula is C14H19ClFNO. The largest absolute Gasteiger partial charge is 0.378 e. The predicted octanol–water partition coefficient (Wildman–Crippen LogP) is 3.55. The lowest BCUT2D eigenvalue weighted by Crippen LogP contribution is -2.29. The van der Waals surface area contributed by atoms with Crippen LogP contribution in [0.25, 0.3) is 0 Å². The van der Waals surface area contributed by atoms with Gasteiger partial charge in [0, 0.05) is 19.2 Å². The van der Waals surface area contributed by atoms with E-state index < -0.39 is 0 Å². The molecule has 1 heterocycles. The molecule has 1 aromatic carbocycles. The summed E-state index contributed by atoms with van der Waals surface area (Å²) in [6, 6.07) is 5.07. The molecule has 2 nitrogen and oxygen atoms in total. The van der Waals surface area contributed by atoms with Gasteiger partial charge in [0.15, 0.2) is 0 Å². The fraction of sp³-hybridized carbons (Fsp3) is 0.571. The molecule has 1 aliphatic heterocycles. The van der Waals surface area contributed by atoms with Gasteiger partial charge in [-0.15, -0.1) is 0 Å². The molecule has 4 heteroatoms. The van der Waals surface area contributed by atoms with Crippen molar-refractivity contribution >= 4 is 11.6 Å². The van der Waals surface area contributed by atoms with Crippen molar-refractivity contribution in [3.63, 3.8) is 0 Å². The first-order valence-corrected chi connectivity index (χ1v) is 6.75. The van der Waals surface area contributed by atoms with Crippen molar-refractivity contribution in [1.82, 2.24) is 5.32 Å². The number of ether oxygens (including phenoxy) is 1. The Morgan fingerprint density at radius 3 is 2.94 bits per heavy atom. The van der Waals surface area contributed by atoms with Gasteiger partial charge >= 0.3 is 0 Å². The van der Waals surface area contributed by atoms with Crippen LogP contribution in [0.5, 0.6) is 0 Å². The Balaban J connectivity index is 1.90. The molecule has 0 bridgehead atoms. The number of rotatable bonds is 4. The van der Waals surface area contributed by atoms with Crippen LogP contribution in [-0.4, -0.2) is 19.3 Å². The highest BCUT2D eigenvalue weighted by molar-refractivity contribution is 6.30. The molecule has 0 spiro atoms. The summed E-state index contributed by atoms with van der Waals surface area (Å²) in [5.74, 6) is 0.185. The molecule has 0 aromatic heterocycles. The van der Waals surface area contributed by atoms with Crippen molar-refractivity contribution < 1.29 is 9.13 Å². The number of halogens is 2. The molecule has 3 unspecified atom stereocenters. The Bertz CT molecular complexity index is 413. The molecule has 3 atom stereocenters. The summed E-state index contributed by atoms with van der Waals surface area (Å²) in [5.41, 5.74) is 0.920. The molecule has 0 aliphatic carbocycles.